The van der Waals surface area contributed by atoms with Crippen LogP contribution in [0.2, 0.25) is 0 Å². The molecule has 0 saturated carbocycles. The van der Waals surface area contributed by atoms with Crippen molar-refractivity contribution in [1.29, 1.82) is 0 Å². The topological polar surface area (TPSA) is 43.8 Å². The molecule has 0 amide bonds. The normalized spacial score (nSPS) is 21.1. The number of hydrogen-bond donors (Lipinski definition) is 1. The molecular weight excluding hydrogens is 176 g/mol. The molecule has 1 aromatic rings. The summed E-state index contributed by atoms with van der Waals surface area (Å²) in [4.78, 5) is 3.18. The van der Waals surface area contributed by atoms with Crippen molar-refractivity contribution in [3.63, 3.8) is 0 Å². The summed E-state index contributed by atoms with van der Waals surface area (Å²) in [6, 6.07) is 4.04. The number of H-pyrrole nitrogens is 1. The highest BCUT2D eigenvalue weighted by molar-refractivity contribution is 6.02. The molecule has 1 atom stereocenters. The van der Waals surface area contributed by atoms with Gasteiger partial charge in [0, 0.05) is 18.1 Å². The Morgan fingerprint density at radius 1 is 1.57 bits per heavy atom. The van der Waals surface area contributed by atoms with Gasteiger partial charge in [0.15, 0.2) is 0 Å². The monoisotopic (exact) mass is 190 g/mol. The Labute approximate surface area is 83.3 Å². The Kier molecular flexibility index (Phi) is 2.35. The molecule has 1 unspecified atom stereocenters. The number of aromatic amines is 1. The molecule has 0 fully saturated rings. The Bertz CT molecular complexity index is 350. The third-order valence-corrected chi connectivity index (χ3v) is 2.31. The van der Waals surface area contributed by atoms with Crippen LogP contribution >= 0.6 is 0 Å². The standard InChI is InChI=1S/C10H14N4/c1-3-14-12-7-9(8(2)13-14)10-5-4-6-11-10/h4-7,9,11H,3H2,1-2H3. The molecule has 0 radical (unpaired) electrons. The molecule has 4 nitrogen and oxygen atoms in total. The lowest BCUT2D eigenvalue weighted by atomic mass is 10.0. The molecular formula is C10H14N4. The molecule has 74 valence electrons. The van der Waals surface area contributed by atoms with E-state index in [1.807, 2.05) is 32.3 Å². The number of hydrazone groups is 2. The summed E-state index contributed by atoms with van der Waals surface area (Å²) >= 11 is 0. The van der Waals surface area contributed by atoms with Gasteiger partial charge < -0.3 is 4.98 Å². The van der Waals surface area contributed by atoms with E-state index in [1.54, 1.807) is 5.12 Å². The van der Waals surface area contributed by atoms with Gasteiger partial charge in [-0.2, -0.15) is 15.3 Å². The van der Waals surface area contributed by atoms with E-state index in [1.165, 1.54) is 0 Å². The van der Waals surface area contributed by atoms with E-state index in [-0.39, 0.29) is 5.92 Å². The fraction of sp³-hybridized carbons (Fsp3) is 0.400. The Hall–Kier alpha value is -1.58. The predicted octanol–water partition coefficient (Wildman–Crippen LogP) is 1.80. The Morgan fingerprint density at radius 2 is 2.43 bits per heavy atom. The Balaban J connectivity index is 2.21. The number of rotatable bonds is 2. The average molecular weight is 190 g/mol. The van der Waals surface area contributed by atoms with Crippen LogP contribution in [-0.2, 0) is 0 Å². The quantitative estimate of drug-likeness (QED) is 0.759. The van der Waals surface area contributed by atoms with Crippen molar-refractivity contribution in [2.75, 3.05) is 6.54 Å². The highest BCUT2D eigenvalue weighted by atomic mass is 15.7. The SMILES string of the molecule is CCN1N=CC(c2ccc[nH]2)C(C)=N1. The maximum atomic E-state index is 4.37. The average Bonchev–Trinajstić information content (AvgIpc) is 2.70. The fourth-order valence-electron chi connectivity index (χ4n) is 1.52. The maximum Gasteiger partial charge on any atom is 0.0761 e. The lowest BCUT2D eigenvalue weighted by molar-refractivity contribution is 0.317. The molecule has 0 aromatic carbocycles. The van der Waals surface area contributed by atoms with Crippen LogP contribution in [0.4, 0.5) is 0 Å². The van der Waals surface area contributed by atoms with Gasteiger partial charge in [0.1, 0.15) is 0 Å². The molecule has 1 aromatic heterocycles. The highest BCUT2D eigenvalue weighted by Crippen LogP contribution is 2.17. The van der Waals surface area contributed by atoms with E-state index in [4.69, 9.17) is 0 Å². The van der Waals surface area contributed by atoms with E-state index in [0.29, 0.717) is 0 Å². The van der Waals surface area contributed by atoms with Gasteiger partial charge >= 0.3 is 0 Å². The summed E-state index contributed by atoms with van der Waals surface area (Å²) in [5, 5.41) is 10.3. The molecule has 2 rings (SSSR count). The maximum absolute atomic E-state index is 4.37. The van der Waals surface area contributed by atoms with Crippen molar-refractivity contribution in [3.05, 3.63) is 24.0 Å². The zero-order valence-corrected chi connectivity index (χ0v) is 8.44. The molecule has 0 aliphatic carbocycles. The van der Waals surface area contributed by atoms with Gasteiger partial charge in [-0.25, -0.2) is 0 Å². The van der Waals surface area contributed by atoms with Crippen LogP contribution in [0, 0.1) is 0 Å². The van der Waals surface area contributed by atoms with E-state index >= 15 is 0 Å². The zero-order valence-electron chi connectivity index (χ0n) is 8.44. The van der Waals surface area contributed by atoms with Crippen LogP contribution in [0.3, 0.4) is 0 Å². The smallest absolute Gasteiger partial charge is 0.0761 e. The minimum Gasteiger partial charge on any atom is -0.364 e. The van der Waals surface area contributed by atoms with Crippen LogP contribution in [0.15, 0.2) is 28.5 Å². The molecule has 0 bridgehead atoms. The minimum absolute atomic E-state index is 0.202. The van der Waals surface area contributed by atoms with Crippen molar-refractivity contribution >= 4 is 11.9 Å². The molecule has 4 heteroatoms. The molecule has 1 aliphatic rings. The fourth-order valence-corrected chi connectivity index (χ4v) is 1.52. The second kappa shape index (κ2) is 3.65. The van der Waals surface area contributed by atoms with Gasteiger partial charge in [-0.05, 0) is 26.0 Å². The summed E-state index contributed by atoms with van der Waals surface area (Å²) in [6.45, 7) is 4.87. The Morgan fingerprint density at radius 3 is 3.00 bits per heavy atom. The highest BCUT2D eigenvalue weighted by Gasteiger charge is 2.17. The van der Waals surface area contributed by atoms with Crippen LogP contribution < -0.4 is 0 Å². The lowest BCUT2D eigenvalue weighted by Crippen LogP contribution is -2.23. The van der Waals surface area contributed by atoms with Gasteiger partial charge in [0.2, 0.25) is 0 Å². The third-order valence-electron chi connectivity index (χ3n) is 2.31. The zero-order chi connectivity index (χ0) is 9.97. The first-order chi connectivity index (χ1) is 6.81. The van der Waals surface area contributed by atoms with Gasteiger partial charge in [0.25, 0.3) is 0 Å². The second-order valence-corrected chi connectivity index (χ2v) is 3.30. The van der Waals surface area contributed by atoms with Crippen LogP contribution in [0.1, 0.15) is 25.5 Å². The van der Waals surface area contributed by atoms with Crippen molar-refractivity contribution in [3.8, 4) is 0 Å². The van der Waals surface area contributed by atoms with Crippen LogP contribution in [-0.4, -0.2) is 28.6 Å². The molecule has 14 heavy (non-hydrogen) atoms. The first-order valence-corrected chi connectivity index (χ1v) is 4.81. The molecule has 0 saturated heterocycles. The van der Waals surface area contributed by atoms with Crippen molar-refractivity contribution in [2.24, 2.45) is 10.2 Å². The number of aromatic nitrogens is 1. The molecule has 2 heterocycles. The number of hydrogen-bond acceptors (Lipinski definition) is 3. The lowest BCUT2D eigenvalue weighted by Gasteiger charge is -2.20. The number of nitrogens with zero attached hydrogens (tertiary/aromatic N) is 3. The summed E-state index contributed by atoms with van der Waals surface area (Å²) in [5.74, 6) is 0.202. The summed E-state index contributed by atoms with van der Waals surface area (Å²) < 4.78 is 0. The van der Waals surface area contributed by atoms with Crippen molar-refractivity contribution in [2.45, 2.75) is 19.8 Å². The third kappa shape index (κ3) is 1.55. The van der Waals surface area contributed by atoms with Gasteiger partial charge in [-0.3, -0.25) is 0 Å². The minimum atomic E-state index is 0.202. The molecule has 1 aliphatic heterocycles. The van der Waals surface area contributed by atoms with Crippen molar-refractivity contribution in [1.82, 2.24) is 10.1 Å². The number of nitrogens with one attached hydrogen (secondary N) is 1. The largest absolute Gasteiger partial charge is 0.364 e. The van der Waals surface area contributed by atoms with E-state index in [9.17, 15) is 0 Å². The van der Waals surface area contributed by atoms with Gasteiger partial charge in [-0.15, -0.1) is 0 Å². The predicted molar refractivity (Wildman–Crippen MR) is 57.5 cm³/mol. The first kappa shape index (κ1) is 8.99. The molecule has 1 N–H and O–H groups in total. The van der Waals surface area contributed by atoms with Crippen LogP contribution in [0.25, 0.3) is 0 Å². The van der Waals surface area contributed by atoms with E-state index < -0.39 is 0 Å². The summed E-state index contributed by atoms with van der Waals surface area (Å²) in [7, 11) is 0. The molecule has 0 spiro atoms. The first-order valence-electron chi connectivity index (χ1n) is 4.81. The van der Waals surface area contributed by atoms with Gasteiger partial charge in [0.05, 0.1) is 18.2 Å². The van der Waals surface area contributed by atoms with Gasteiger partial charge in [-0.1, -0.05) is 0 Å². The van der Waals surface area contributed by atoms with E-state index in [2.05, 4.69) is 21.3 Å². The van der Waals surface area contributed by atoms with Crippen molar-refractivity contribution < 1.29 is 0 Å². The summed E-state index contributed by atoms with van der Waals surface area (Å²) in [6.07, 6.45) is 3.85. The summed E-state index contributed by atoms with van der Waals surface area (Å²) in [5.41, 5.74) is 2.22. The second-order valence-electron chi connectivity index (χ2n) is 3.30. The van der Waals surface area contributed by atoms with E-state index in [0.717, 1.165) is 18.0 Å². The van der Waals surface area contributed by atoms with Crippen LogP contribution in [0.5, 0.6) is 0 Å².